The fraction of sp³-hybridized carbons (Fsp3) is 0.571. The summed E-state index contributed by atoms with van der Waals surface area (Å²) in [6.07, 6.45) is 2.93. The van der Waals surface area contributed by atoms with Gasteiger partial charge in [-0.05, 0) is 71.8 Å². The van der Waals surface area contributed by atoms with Crippen molar-refractivity contribution in [1.29, 1.82) is 0 Å². The predicted octanol–water partition coefficient (Wildman–Crippen LogP) is 7.75. The largest absolute Gasteiger partial charge is 0.511 e. The van der Waals surface area contributed by atoms with E-state index in [0.717, 1.165) is 29.6 Å². The van der Waals surface area contributed by atoms with Crippen LogP contribution in [0.4, 0.5) is 0 Å². The summed E-state index contributed by atoms with van der Waals surface area (Å²) in [7, 11) is 0. The van der Waals surface area contributed by atoms with E-state index in [1.165, 1.54) is 0 Å². The molecule has 1 aromatic carbocycles. The van der Waals surface area contributed by atoms with Gasteiger partial charge in [-0.1, -0.05) is 73.9 Å². The van der Waals surface area contributed by atoms with Crippen LogP contribution in [0.2, 0.25) is 0 Å². The van der Waals surface area contributed by atoms with Gasteiger partial charge in [-0.25, -0.2) is 0 Å². The van der Waals surface area contributed by atoms with Crippen molar-refractivity contribution >= 4 is 17.5 Å². The molecule has 6 atom stereocenters. The SMILES string of the molecule is CC(C)=CC[C@@]1(CC(CCC(C)C)=C(C)C)C(O)=C([C@H](CC(=O)O)c2ccccc2)C(=O)[C@H]2C(=O)[C@H](C)[C@@H](C)O[C@H]21. The minimum atomic E-state index is -1.11. The van der Waals surface area contributed by atoms with Crippen molar-refractivity contribution in [3.8, 4) is 0 Å². The number of Topliss-reactive ketones (excluding diaryl/α,β-unsaturated/α-hetero) is 2. The highest BCUT2D eigenvalue weighted by molar-refractivity contribution is 6.14. The van der Waals surface area contributed by atoms with Crippen molar-refractivity contribution in [3.05, 3.63) is 70.0 Å². The monoisotopic (exact) mass is 564 g/mol. The first kappa shape index (κ1) is 32.5. The standard InChI is InChI=1S/C35H48O6/c1-20(2)14-15-26(22(5)6)19-35(17-16-21(3)4)33(40)29(27(18-28(36)37)25-12-10-9-11-13-25)32(39)30-31(38)23(7)24(8)41-34(30)35/h9-13,16,20,23-24,27,30,34,40H,14-15,17-19H2,1-8H3,(H,36,37)/t23-,24-,27-,30-,34-,35-/m1/s1. The van der Waals surface area contributed by atoms with Gasteiger partial charge in [-0.3, -0.25) is 14.4 Å². The average Bonchev–Trinajstić information content (AvgIpc) is 2.90. The Morgan fingerprint density at radius 1 is 1.07 bits per heavy atom. The number of carboxylic acids is 1. The van der Waals surface area contributed by atoms with E-state index in [9.17, 15) is 24.6 Å². The van der Waals surface area contributed by atoms with Crippen molar-refractivity contribution in [2.24, 2.45) is 23.2 Å². The second-order valence-electron chi connectivity index (χ2n) is 13.0. The number of ketones is 2. The van der Waals surface area contributed by atoms with E-state index in [-0.39, 0.29) is 23.5 Å². The van der Waals surface area contributed by atoms with E-state index in [1.807, 2.05) is 32.9 Å². The molecule has 1 fully saturated rings. The summed E-state index contributed by atoms with van der Waals surface area (Å²) in [6.45, 7) is 16.1. The number of ether oxygens (including phenoxy) is 1. The quantitative estimate of drug-likeness (QED) is 0.210. The number of carboxylic acid groups (broad SMARTS) is 1. The van der Waals surface area contributed by atoms with Crippen LogP contribution < -0.4 is 0 Å². The molecule has 2 aliphatic rings. The average molecular weight is 565 g/mol. The molecule has 41 heavy (non-hydrogen) atoms. The summed E-state index contributed by atoms with van der Waals surface area (Å²) < 4.78 is 6.58. The first-order valence-corrected chi connectivity index (χ1v) is 14.9. The van der Waals surface area contributed by atoms with E-state index in [1.54, 1.807) is 31.2 Å². The highest BCUT2D eigenvalue weighted by Gasteiger charge is 2.61. The maximum Gasteiger partial charge on any atom is 0.304 e. The van der Waals surface area contributed by atoms with Crippen molar-refractivity contribution in [1.82, 2.24) is 0 Å². The molecule has 1 aromatic rings. The van der Waals surface area contributed by atoms with Gasteiger partial charge in [-0.15, -0.1) is 0 Å². The van der Waals surface area contributed by atoms with E-state index >= 15 is 0 Å². The lowest BCUT2D eigenvalue weighted by Gasteiger charge is -2.52. The molecule has 2 N–H and O–H groups in total. The van der Waals surface area contributed by atoms with E-state index in [4.69, 9.17) is 4.74 Å². The molecule has 1 aliphatic heterocycles. The second kappa shape index (κ2) is 13.3. The number of hydrogen-bond donors (Lipinski definition) is 2. The third kappa shape index (κ3) is 6.91. The Balaban J connectivity index is 2.40. The predicted molar refractivity (Wildman–Crippen MR) is 162 cm³/mol. The van der Waals surface area contributed by atoms with E-state index in [0.29, 0.717) is 24.3 Å². The zero-order valence-corrected chi connectivity index (χ0v) is 26.0. The van der Waals surface area contributed by atoms with E-state index < -0.39 is 47.1 Å². The number of benzene rings is 1. The Morgan fingerprint density at radius 2 is 1.71 bits per heavy atom. The number of allylic oxidation sites excluding steroid dienone is 5. The van der Waals surface area contributed by atoms with Gasteiger partial charge >= 0.3 is 5.97 Å². The van der Waals surface area contributed by atoms with E-state index in [2.05, 4.69) is 27.7 Å². The third-order valence-electron chi connectivity index (χ3n) is 9.01. The molecule has 0 bridgehead atoms. The molecule has 0 spiro atoms. The van der Waals surface area contributed by atoms with Crippen molar-refractivity contribution in [2.45, 2.75) is 106 Å². The number of fused-ring (bicyclic) bond motifs is 1. The maximum atomic E-state index is 14.4. The topological polar surface area (TPSA) is 101 Å². The van der Waals surface area contributed by atoms with Crippen LogP contribution in [0.25, 0.3) is 0 Å². The van der Waals surface area contributed by atoms with Crippen LogP contribution in [0.1, 0.15) is 99.0 Å². The summed E-state index contributed by atoms with van der Waals surface area (Å²) in [5.41, 5.74) is 2.90. The van der Waals surface area contributed by atoms with Crippen LogP contribution in [-0.4, -0.2) is 40.0 Å². The van der Waals surface area contributed by atoms with Crippen LogP contribution in [0.3, 0.4) is 0 Å². The summed E-state index contributed by atoms with van der Waals surface area (Å²) in [6, 6.07) is 8.96. The van der Waals surface area contributed by atoms with Gasteiger partial charge in [-0.2, -0.15) is 0 Å². The Kier molecular flexibility index (Phi) is 10.6. The van der Waals surface area contributed by atoms with Gasteiger partial charge in [0, 0.05) is 17.4 Å². The molecule has 0 radical (unpaired) electrons. The first-order valence-electron chi connectivity index (χ1n) is 14.9. The molecule has 0 aromatic heterocycles. The smallest absolute Gasteiger partial charge is 0.304 e. The Bertz CT molecular complexity index is 1230. The van der Waals surface area contributed by atoms with Gasteiger partial charge in [0.15, 0.2) is 11.6 Å². The van der Waals surface area contributed by atoms with Crippen molar-refractivity contribution in [3.63, 3.8) is 0 Å². The number of aliphatic carboxylic acids is 1. The highest BCUT2D eigenvalue weighted by atomic mass is 16.5. The van der Waals surface area contributed by atoms with Crippen LogP contribution in [0.15, 0.2) is 64.5 Å². The maximum absolute atomic E-state index is 14.4. The fourth-order valence-electron chi connectivity index (χ4n) is 6.29. The van der Waals surface area contributed by atoms with Crippen LogP contribution in [-0.2, 0) is 19.1 Å². The van der Waals surface area contributed by atoms with Gasteiger partial charge in [0.2, 0.25) is 0 Å². The third-order valence-corrected chi connectivity index (χ3v) is 9.01. The van der Waals surface area contributed by atoms with Crippen molar-refractivity contribution in [2.75, 3.05) is 0 Å². The number of carbonyl (C=O) groups is 3. The zero-order chi connectivity index (χ0) is 30.6. The summed E-state index contributed by atoms with van der Waals surface area (Å²) in [5, 5.41) is 22.3. The van der Waals surface area contributed by atoms with Gasteiger partial charge in [0.05, 0.1) is 24.0 Å². The molecular weight excluding hydrogens is 516 g/mol. The molecule has 0 saturated carbocycles. The fourth-order valence-corrected chi connectivity index (χ4v) is 6.29. The number of carbonyl (C=O) groups excluding carboxylic acids is 2. The zero-order valence-electron chi connectivity index (χ0n) is 26.0. The number of aliphatic hydroxyl groups is 1. The lowest BCUT2D eigenvalue weighted by atomic mass is 9.57. The minimum absolute atomic E-state index is 0.0395. The number of rotatable bonds is 11. The molecule has 6 heteroatoms. The van der Waals surface area contributed by atoms with Gasteiger partial charge in [0.1, 0.15) is 11.7 Å². The number of hydrogen-bond acceptors (Lipinski definition) is 5. The Labute approximate surface area is 245 Å². The first-order chi connectivity index (χ1) is 19.2. The minimum Gasteiger partial charge on any atom is -0.511 e. The van der Waals surface area contributed by atoms with Crippen LogP contribution >= 0.6 is 0 Å². The molecule has 1 heterocycles. The number of aliphatic hydroxyl groups excluding tert-OH is 1. The van der Waals surface area contributed by atoms with Crippen molar-refractivity contribution < 1.29 is 29.3 Å². The van der Waals surface area contributed by atoms with Gasteiger partial charge < -0.3 is 14.9 Å². The lowest BCUT2D eigenvalue weighted by molar-refractivity contribution is -0.179. The Morgan fingerprint density at radius 3 is 2.24 bits per heavy atom. The molecular formula is C35H48O6. The second-order valence-corrected chi connectivity index (χ2v) is 13.0. The highest BCUT2D eigenvalue weighted by Crippen LogP contribution is 2.55. The molecule has 0 unspecified atom stereocenters. The molecule has 1 saturated heterocycles. The molecule has 0 amide bonds. The molecule has 3 rings (SSSR count). The summed E-state index contributed by atoms with van der Waals surface area (Å²) in [5.74, 6) is -3.96. The lowest BCUT2D eigenvalue weighted by Crippen LogP contribution is -2.60. The van der Waals surface area contributed by atoms with Gasteiger partial charge in [0.25, 0.3) is 0 Å². The molecule has 224 valence electrons. The molecule has 6 nitrogen and oxygen atoms in total. The van der Waals surface area contributed by atoms with Crippen LogP contribution in [0, 0.1) is 23.2 Å². The normalized spacial score (nSPS) is 27.0. The molecule has 1 aliphatic carbocycles. The van der Waals surface area contributed by atoms with Crippen LogP contribution in [0.5, 0.6) is 0 Å². The summed E-state index contributed by atoms with van der Waals surface area (Å²) in [4.78, 5) is 40.4. The summed E-state index contributed by atoms with van der Waals surface area (Å²) >= 11 is 0. The Hall–Kier alpha value is -2.99.